The molecule has 132 valence electrons. The van der Waals surface area contributed by atoms with Crippen LogP contribution in [0.15, 0.2) is 30.3 Å². The zero-order valence-corrected chi connectivity index (χ0v) is 14.4. The molecule has 1 heterocycles. The quantitative estimate of drug-likeness (QED) is 0.568. The van der Waals surface area contributed by atoms with Gasteiger partial charge in [0.05, 0.1) is 19.1 Å². The van der Waals surface area contributed by atoms with E-state index in [-0.39, 0.29) is 18.0 Å². The Morgan fingerprint density at radius 3 is 2.40 bits per heavy atom. The van der Waals surface area contributed by atoms with E-state index in [4.69, 9.17) is 4.74 Å². The third-order valence-electron chi connectivity index (χ3n) is 3.82. The molecule has 0 bridgehead atoms. The Hall–Kier alpha value is -3.09. The number of esters is 1. The molecule has 0 saturated carbocycles. The van der Waals surface area contributed by atoms with Crippen molar-refractivity contribution >= 4 is 17.8 Å². The number of aryl methyl sites for hydroxylation is 1. The highest BCUT2D eigenvalue weighted by molar-refractivity contribution is 6.01. The monoisotopic (exact) mass is 343 g/mol. The zero-order chi connectivity index (χ0) is 18.4. The van der Waals surface area contributed by atoms with Gasteiger partial charge in [0.2, 0.25) is 5.91 Å². The lowest BCUT2D eigenvalue weighted by atomic mass is 10.1. The van der Waals surface area contributed by atoms with Crippen molar-refractivity contribution in [2.75, 3.05) is 7.11 Å². The Morgan fingerprint density at radius 1 is 1.12 bits per heavy atom. The molecule has 0 unspecified atom stereocenters. The maximum Gasteiger partial charge on any atom is 0.339 e. The Bertz CT molecular complexity index is 781. The molecule has 1 aromatic heterocycles. The summed E-state index contributed by atoms with van der Waals surface area (Å²) in [5.41, 5.74) is 7.24. The minimum absolute atomic E-state index is 0.151. The van der Waals surface area contributed by atoms with E-state index in [1.165, 1.54) is 7.11 Å². The topological polar surface area (TPSA) is 100 Å². The van der Waals surface area contributed by atoms with Crippen LogP contribution >= 0.6 is 0 Å². The van der Waals surface area contributed by atoms with Crippen LogP contribution in [0.4, 0.5) is 0 Å². The fourth-order valence-corrected chi connectivity index (χ4v) is 2.54. The third kappa shape index (κ3) is 4.26. The van der Waals surface area contributed by atoms with Gasteiger partial charge in [-0.15, -0.1) is 0 Å². The molecular formula is C18H21N3O4. The lowest BCUT2D eigenvalue weighted by Crippen LogP contribution is -2.42. The highest BCUT2D eigenvalue weighted by Gasteiger charge is 2.23. The van der Waals surface area contributed by atoms with Gasteiger partial charge in [0, 0.05) is 5.69 Å². The summed E-state index contributed by atoms with van der Waals surface area (Å²) in [4.78, 5) is 39.0. The second-order valence-corrected chi connectivity index (χ2v) is 5.49. The summed E-state index contributed by atoms with van der Waals surface area (Å²) in [6, 6.07) is 9.19. The number of H-pyrrole nitrogens is 1. The molecule has 2 rings (SSSR count). The fraction of sp³-hybridized carbons (Fsp3) is 0.278. The Kier molecular flexibility index (Phi) is 5.94. The van der Waals surface area contributed by atoms with Crippen LogP contribution in [0.25, 0.3) is 0 Å². The second-order valence-electron chi connectivity index (χ2n) is 5.49. The number of hydrazine groups is 1. The van der Waals surface area contributed by atoms with Gasteiger partial charge in [-0.3, -0.25) is 20.4 Å². The average molecular weight is 343 g/mol. The Labute approximate surface area is 145 Å². The van der Waals surface area contributed by atoms with Gasteiger partial charge in [0.15, 0.2) is 0 Å². The molecule has 25 heavy (non-hydrogen) atoms. The number of aromatic amines is 1. The van der Waals surface area contributed by atoms with Crippen LogP contribution in [0.1, 0.15) is 44.6 Å². The number of rotatable bonds is 5. The Balaban J connectivity index is 2.05. The number of benzene rings is 1. The van der Waals surface area contributed by atoms with Gasteiger partial charge in [-0.25, -0.2) is 4.79 Å². The molecule has 0 fully saturated rings. The number of amides is 2. The Morgan fingerprint density at radius 2 is 1.80 bits per heavy atom. The minimum atomic E-state index is -0.524. The van der Waals surface area contributed by atoms with Crippen molar-refractivity contribution < 1.29 is 19.1 Å². The highest BCUT2D eigenvalue weighted by Crippen LogP contribution is 2.20. The summed E-state index contributed by atoms with van der Waals surface area (Å²) in [6.45, 7) is 3.52. The smallest absolute Gasteiger partial charge is 0.339 e. The van der Waals surface area contributed by atoms with E-state index in [0.717, 1.165) is 5.56 Å². The molecule has 7 nitrogen and oxygen atoms in total. The predicted octanol–water partition coefficient (Wildman–Crippen LogP) is 1.68. The molecule has 0 aliphatic heterocycles. The van der Waals surface area contributed by atoms with Crippen molar-refractivity contribution in [1.29, 1.82) is 0 Å². The first kappa shape index (κ1) is 18.3. The maximum atomic E-state index is 12.3. The van der Waals surface area contributed by atoms with Crippen molar-refractivity contribution in [1.82, 2.24) is 15.8 Å². The number of hydrogen-bond donors (Lipinski definition) is 3. The molecule has 0 radical (unpaired) electrons. The van der Waals surface area contributed by atoms with E-state index >= 15 is 0 Å². The van der Waals surface area contributed by atoms with E-state index in [1.54, 1.807) is 6.92 Å². The van der Waals surface area contributed by atoms with E-state index in [1.807, 2.05) is 37.3 Å². The van der Waals surface area contributed by atoms with Crippen LogP contribution in [0.3, 0.4) is 0 Å². The first-order valence-corrected chi connectivity index (χ1v) is 7.90. The number of methoxy groups -OCH3 is 1. The summed E-state index contributed by atoms with van der Waals surface area (Å²) in [6.07, 6.45) is 0.692. The van der Waals surface area contributed by atoms with Crippen molar-refractivity contribution in [3.8, 4) is 0 Å². The van der Waals surface area contributed by atoms with Crippen LogP contribution in [-0.4, -0.2) is 29.9 Å². The maximum absolute atomic E-state index is 12.3. The van der Waals surface area contributed by atoms with Crippen molar-refractivity contribution in [3.05, 3.63) is 58.4 Å². The summed E-state index contributed by atoms with van der Waals surface area (Å²) in [5.74, 6) is -1.37. The van der Waals surface area contributed by atoms with Gasteiger partial charge in [0.1, 0.15) is 5.69 Å². The molecule has 0 saturated heterocycles. The standard InChI is InChI=1S/C18H21N3O4/c1-4-13-15(18(24)25-3)11(2)16(19-13)17(23)21-20-14(22)10-12-8-6-5-7-9-12/h5-9,19H,4,10H2,1-3H3,(H,20,22)(H,21,23). The number of nitrogens with one attached hydrogen (secondary N) is 3. The summed E-state index contributed by atoms with van der Waals surface area (Å²) in [7, 11) is 1.29. The highest BCUT2D eigenvalue weighted by atomic mass is 16.5. The van der Waals surface area contributed by atoms with Crippen molar-refractivity contribution in [2.45, 2.75) is 26.7 Å². The number of aromatic nitrogens is 1. The minimum Gasteiger partial charge on any atom is -0.465 e. The largest absolute Gasteiger partial charge is 0.465 e. The number of ether oxygens (including phenoxy) is 1. The molecule has 2 amide bonds. The zero-order valence-electron chi connectivity index (χ0n) is 14.4. The fourth-order valence-electron chi connectivity index (χ4n) is 2.54. The number of hydrogen-bond acceptors (Lipinski definition) is 4. The molecule has 0 aliphatic carbocycles. The second kappa shape index (κ2) is 8.14. The van der Waals surface area contributed by atoms with Crippen molar-refractivity contribution in [2.24, 2.45) is 0 Å². The van der Waals surface area contributed by atoms with Gasteiger partial charge >= 0.3 is 5.97 Å². The normalized spacial score (nSPS) is 10.2. The predicted molar refractivity (Wildman–Crippen MR) is 92.0 cm³/mol. The lowest BCUT2D eigenvalue weighted by Gasteiger charge is -2.07. The van der Waals surface area contributed by atoms with Gasteiger partial charge < -0.3 is 9.72 Å². The molecule has 2 aromatic rings. The number of carbonyl (C=O) groups excluding carboxylic acids is 3. The molecular weight excluding hydrogens is 322 g/mol. The van der Waals surface area contributed by atoms with Crippen LogP contribution in [0, 0.1) is 6.92 Å². The van der Waals surface area contributed by atoms with Crippen LogP contribution in [0.2, 0.25) is 0 Å². The molecule has 0 spiro atoms. The molecule has 3 N–H and O–H groups in total. The summed E-state index contributed by atoms with van der Waals surface area (Å²) < 4.78 is 4.76. The van der Waals surface area contributed by atoms with E-state index < -0.39 is 11.9 Å². The van der Waals surface area contributed by atoms with E-state index in [2.05, 4.69) is 15.8 Å². The molecule has 0 aliphatic rings. The summed E-state index contributed by atoms with van der Waals surface area (Å²) >= 11 is 0. The SMILES string of the molecule is CCc1[nH]c(C(=O)NNC(=O)Cc2ccccc2)c(C)c1C(=O)OC. The molecule has 1 aromatic carbocycles. The van der Waals surface area contributed by atoms with E-state index in [0.29, 0.717) is 23.2 Å². The van der Waals surface area contributed by atoms with Crippen LogP contribution in [0.5, 0.6) is 0 Å². The third-order valence-corrected chi connectivity index (χ3v) is 3.82. The number of carbonyl (C=O) groups is 3. The summed E-state index contributed by atoms with van der Waals surface area (Å²) in [5, 5.41) is 0. The molecule has 7 heteroatoms. The van der Waals surface area contributed by atoms with Gasteiger partial charge in [-0.05, 0) is 24.5 Å². The van der Waals surface area contributed by atoms with Gasteiger partial charge in [0.25, 0.3) is 5.91 Å². The van der Waals surface area contributed by atoms with Crippen LogP contribution in [-0.2, 0) is 22.4 Å². The van der Waals surface area contributed by atoms with Crippen LogP contribution < -0.4 is 10.9 Å². The molecule has 0 atom stereocenters. The first-order chi connectivity index (χ1) is 12.0. The van der Waals surface area contributed by atoms with Crippen molar-refractivity contribution in [3.63, 3.8) is 0 Å². The van der Waals surface area contributed by atoms with Gasteiger partial charge in [-0.2, -0.15) is 0 Å². The van der Waals surface area contributed by atoms with E-state index in [9.17, 15) is 14.4 Å². The van der Waals surface area contributed by atoms with Gasteiger partial charge in [-0.1, -0.05) is 37.3 Å². The first-order valence-electron chi connectivity index (χ1n) is 7.90. The average Bonchev–Trinajstić information content (AvgIpc) is 2.96. The lowest BCUT2D eigenvalue weighted by molar-refractivity contribution is -0.121.